The van der Waals surface area contributed by atoms with Crippen molar-refractivity contribution in [1.29, 1.82) is 0 Å². The lowest BCUT2D eigenvalue weighted by atomic mass is 10.1. The van der Waals surface area contributed by atoms with Crippen LogP contribution < -0.4 is 5.32 Å². The van der Waals surface area contributed by atoms with Gasteiger partial charge >= 0.3 is 6.16 Å². The zero-order valence-electron chi connectivity index (χ0n) is 16.9. The maximum Gasteiger partial charge on any atom is 0.540 e. The van der Waals surface area contributed by atoms with Gasteiger partial charge in [-0.2, -0.15) is 0 Å². The van der Waals surface area contributed by atoms with E-state index >= 15 is 0 Å². The van der Waals surface area contributed by atoms with Crippen LogP contribution in [0.5, 0.6) is 0 Å². The molecule has 27 heavy (non-hydrogen) atoms. The fourth-order valence-electron chi connectivity index (χ4n) is 2.73. The third kappa shape index (κ3) is 25.1. The molecule has 0 atom stereocenters. The molecule has 0 saturated carbocycles. The average Bonchev–Trinajstić information content (AvgIpc) is 2.65. The summed E-state index contributed by atoms with van der Waals surface area (Å²) in [5, 5.41) is 23.2. The summed E-state index contributed by atoms with van der Waals surface area (Å²) in [5.41, 5.74) is 0. The van der Waals surface area contributed by atoms with Gasteiger partial charge in [0.25, 0.3) is 0 Å². The standard InChI is InChI=1S/C19H39NO7/c1-2-3-13-16-20-17-14-11-9-7-5-4-6-8-10-12-15-18-23-25-27-26-24-19(21)22/h20H,2-18H2,1H3,(H,21,22). The Balaban J connectivity index is 2.98. The highest BCUT2D eigenvalue weighted by atomic mass is 17.8. The largest absolute Gasteiger partial charge is 0.540 e. The molecule has 0 radical (unpaired) electrons. The molecule has 0 aliphatic heterocycles. The third-order valence-corrected chi connectivity index (χ3v) is 4.25. The first kappa shape index (κ1) is 26.1. The minimum atomic E-state index is -1.64. The lowest BCUT2D eigenvalue weighted by molar-refractivity contribution is -0.698. The number of nitrogens with one attached hydrogen (secondary N) is 1. The first-order valence-electron chi connectivity index (χ1n) is 10.5. The molecule has 0 fully saturated rings. The summed E-state index contributed by atoms with van der Waals surface area (Å²) in [6.45, 7) is 4.94. The molecule has 0 aliphatic carbocycles. The van der Waals surface area contributed by atoms with Gasteiger partial charge in [0.15, 0.2) is 0 Å². The van der Waals surface area contributed by atoms with Crippen molar-refractivity contribution in [2.45, 2.75) is 96.8 Å². The number of hydrogen-bond donors (Lipinski definition) is 2. The van der Waals surface area contributed by atoms with Gasteiger partial charge in [-0.05, 0) is 37.4 Å². The maximum atomic E-state index is 9.88. The first-order valence-corrected chi connectivity index (χ1v) is 10.5. The Morgan fingerprint density at radius 1 is 0.704 bits per heavy atom. The van der Waals surface area contributed by atoms with E-state index in [9.17, 15) is 4.79 Å². The lowest BCUT2D eigenvalue weighted by Gasteiger charge is -2.05. The molecular formula is C19H39NO7. The molecule has 0 aromatic rings. The zero-order chi connectivity index (χ0) is 19.8. The van der Waals surface area contributed by atoms with Crippen LogP contribution in [0.3, 0.4) is 0 Å². The fourth-order valence-corrected chi connectivity index (χ4v) is 2.73. The molecule has 0 aliphatic rings. The van der Waals surface area contributed by atoms with Crippen LogP contribution in [0, 0.1) is 0 Å². The van der Waals surface area contributed by atoms with Crippen LogP contribution in [-0.4, -0.2) is 31.0 Å². The van der Waals surface area contributed by atoms with Gasteiger partial charge in [-0.25, -0.2) is 14.6 Å². The van der Waals surface area contributed by atoms with Gasteiger partial charge in [-0.3, -0.25) is 0 Å². The van der Waals surface area contributed by atoms with Gasteiger partial charge < -0.3 is 10.4 Å². The van der Waals surface area contributed by atoms with Crippen LogP contribution in [0.4, 0.5) is 4.79 Å². The van der Waals surface area contributed by atoms with Crippen molar-refractivity contribution in [2.24, 2.45) is 0 Å². The summed E-state index contributed by atoms with van der Waals surface area (Å²) < 4.78 is 0. The summed E-state index contributed by atoms with van der Waals surface area (Å²) >= 11 is 0. The second-order valence-corrected chi connectivity index (χ2v) is 6.72. The second-order valence-electron chi connectivity index (χ2n) is 6.72. The summed E-state index contributed by atoms with van der Waals surface area (Å²) in [6, 6.07) is 0. The van der Waals surface area contributed by atoms with E-state index in [1.807, 2.05) is 0 Å². The number of unbranched alkanes of at least 4 members (excludes halogenated alkanes) is 12. The Morgan fingerprint density at radius 3 is 1.78 bits per heavy atom. The Kier molecular flexibility index (Phi) is 22.3. The van der Waals surface area contributed by atoms with Gasteiger partial charge in [0, 0.05) is 10.1 Å². The van der Waals surface area contributed by atoms with Crippen molar-refractivity contribution in [3.63, 3.8) is 0 Å². The molecule has 0 spiro atoms. The van der Waals surface area contributed by atoms with Crippen LogP contribution in [-0.2, 0) is 24.9 Å². The number of carboxylic acid groups (broad SMARTS) is 1. The fraction of sp³-hybridized carbons (Fsp3) is 0.947. The molecule has 0 amide bonds. The van der Waals surface area contributed by atoms with Gasteiger partial charge in [0.2, 0.25) is 0 Å². The smallest absolute Gasteiger partial charge is 0.448 e. The molecule has 2 N–H and O–H groups in total. The van der Waals surface area contributed by atoms with Gasteiger partial charge in [0.05, 0.1) is 6.61 Å². The molecule has 8 nitrogen and oxygen atoms in total. The van der Waals surface area contributed by atoms with E-state index in [1.165, 1.54) is 90.1 Å². The maximum absolute atomic E-state index is 9.88. The Morgan fingerprint density at radius 2 is 1.22 bits per heavy atom. The Labute approximate surface area is 163 Å². The quantitative estimate of drug-likeness (QED) is 0.142. The molecule has 0 aromatic heterocycles. The topological polar surface area (TPSA) is 95.5 Å². The van der Waals surface area contributed by atoms with Gasteiger partial charge in [-0.1, -0.05) is 77.6 Å². The van der Waals surface area contributed by atoms with Crippen molar-refractivity contribution in [3.8, 4) is 0 Å². The minimum absolute atomic E-state index is 0.351. The average molecular weight is 394 g/mol. The van der Waals surface area contributed by atoms with E-state index in [1.54, 1.807) is 0 Å². The van der Waals surface area contributed by atoms with Crippen LogP contribution in [0.25, 0.3) is 0 Å². The monoisotopic (exact) mass is 393 g/mol. The third-order valence-electron chi connectivity index (χ3n) is 4.25. The summed E-state index contributed by atoms with van der Waals surface area (Å²) in [7, 11) is 0. The van der Waals surface area contributed by atoms with Gasteiger partial charge in [0.1, 0.15) is 0 Å². The van der Waals surface area contributed by atoms with E-state index < -0.39 is 6.16 Å². The highest BCUT2D eigenvalue weighted by molar-refractivity contribution is 5.55. The molecule has 0 unspecified atom stereocenters. The molecule has 0 heterocycles. The Bertz CT molecular complexity index is 306. The van der Waals surface area contributed by atoms with Crippen molar-refractivity contribution in [1.82, 2.24) is 5.32 Å². The van der Waals surface area contributed by atoms with E-state index in [0.29, 0.717) is 6.61 Å². The Hall–Kier alpha value is -0.930. The SMILES string of the molecule is CCCCCNCCCCCCCCCCCCCOOOOOC(=O)O. The van der Waals surface area contributed by atoms with Crippen molar-refractivity contribution in [3.05, 3.63) is 0 Å². The molecular weight excluding hydrogens is 354 g/mol. The van der Waals surface area contributed by atoms with Crippen molar-refractivity contribution in [2.75, 3.05) is 19.7 Å². The summed E-state index contributed by atoms with van der Waals surface area (Å²) in [5.74, 6) is 0. The van der Waals surface area contributed by atoms with Crippen molar-refractivity contribution >= 4 is 6.16 Å². The molecule has 162 valence electrons. The lowest BCUT2D eigenvalue weighted by Crippen LogP contribution is -2.16. The minimum Gasteiger partial charge on any atom is -0.448 e. The number of hydrogen-bond acceptors (Lipinski definition) is 7. The van der Waals surface area contributed by atoms with Crippen LogP contribution in [0.1, 0.15) is 96.8 Å². The van der Waals surface area contributed by atoms with Crippen LogP contribution in [0.2, 0.25) is 0 Å². The van der Waals surface area contributed by atoms with E-state index in [2.05, 4.69) is 37.1 Å². The molecule has 8 heteroatoms. The van der Waals surface area contributed by atoms with Crippen LogP contribution >= 0.6 is 0 Å². The van der Waals surface area contributed by atoms with E-state index in [0.717, 1.165) is 12.8 Å². The summed E-state index contributed by atoms with van der Waals surface area (Å²) in [4.78, 5) is 18.1. The molecule has 0 aromatic carbocycles. The van der Waals surface area contributed by atoms with E-state index in [4.69, 9.17) is 5.11 Å². The second kappa shape index (κ2) is 23.1. The molecule has 0 saturated heterocycles. The van der Waals surface area contributed by atoms with Crippen molar-refractivity contribution < 1.29 is 34.8 Å². The zero-order valence-corrected chi connectivity index (χ0v) is 16.9. The van der Waals surface area contributed by atoms with E-state index in [-0.39, 0.29) is 0 Å². The number of carbonyl (C=O) groups is 1. The highest BCUT2D eigenvalue weighted by Gasteiger charge is 1.99. The highest BCUT2D eigenvalue weighted by Crippen LogP contribution is 2.11. The summed E-state index contributed by atoms with van der Waals surface area (Å²) in [6.07, 6.45) is 16.0. The molecule has 0 bridgehead atoms. The predicted octanol–water partition coefficient (Wildman–Crippen LogP) is 5.48. The number of rotatable bonds is 22. The predicted molar refractivity (Wildman–Crippen MR) is 101 cm³/mol. The normalized spacial score (nSPS) is 11.0. The molecule has 0 rings (SSSR count). The van der Waals surface area contributed by atoms with Crippen LogP contribution in [0.15, 0.2) is 0 Å². The first-order chi connectivity index (χ1) is 13.3. The van der Waals surface area contributed by atoms with Gasteiger partial charge in [-0.15, -0.1) is 0 Å².